The van der Waals surface area contributed by atoms with E-state index in [2.05, 4.69) is 5.32 Å². The molecule has 2 aromatic carbocycles. The number of carbonyl (C=O) groups excluding carboxylic acids is 2. The third-order valence-electron chi connectivity index (χ3n) is 5.02. The first-order valence-corrected chi connectivity index (χ1v) is 11.4. The van der Waals surface area contributed by atoms with Crippen LogP contribution in [0.5, 0.6) is 0 Å². The Morgan fingerprint density at radius 3 is 2.43 bits per heavy atom. The number of likely N-dealkylation sites (N-methyl/N-ethyl adjacent to an activating group) is 1. The molecule has 1 heterocycles. The molecule has 2 amide bonds. The first-order chi connectivity index (χ1) is 14.3. The smallest absolute Gasteiger partial charge is 0.243 e. The fourth-order valence-electron chi connectivity index (χ4n) is 3.28. The molecule has 0 aromatic heterocycles. The van der Waals surface area contributed by atoms with Crippen LogP contribution in [0.25, 0.3) is 0 Å². The maximum Gasteiger partial charge on any atom is 0.243 e. The van der Waals surface area contributed by atoms with Crippen molar-refractivity contribution in [2.45, 2.75) is 30.8 Å². The first kappa shape index (κ1) is 22.3. The molecular weight excluding hydrogens is 426 g/mol. The number of hydrogen-bond acceptors (Lipinski definition) is 4. The Kier molecular flexibility index (Phi) is 7.12. The van der Waals surface area contributed by atoms with E-state index in [4.69, 9.17) is 11.6 Å². The van der Waals surface area contributed by atoms with Crippen LogP contribution in [0.1, 0.15) is 24.0 Å². The zero-order valence-corrected chi connectivity index (χ0v) is 18.2. The van der Waals surface area contributed by atoms with Crippen LogP contribution in [0.2, 0.25) is 5.02 Å². The number of rotatable bonds is 8. The van der Waals surface area contributed by atoms with Gasteiger partial charge in [0.2, 0.25) is 21.8 Å². The van der Waals surface area contributed by atoms with E-state index in [0.29, 0.717) is 18.0 Å². The summed E-state index contributed by atoms with van der Waals surface area (Å²) >= 11 is 5.81. The van der Waals surface area contributed by atoms with Crippen molar-refractivity contribution in [1.82, 2.24) is 14.5 Å². The molecule has 1 N–H and O–H groups in total. The Hall–Kier alpha value is -2.42. The van der Waals surface area contributed by atoms with Crippen molar-refractivity contribution in [1.29, 1.82) is 0 Å². The minimum atomic E-state index is -3.79. The molecule has 0 bridgehead atoms. The largest absolute Gasteiger partial charge is 0.351 e. The molecule has 160 valence electrons. The van der Waals surface area contributed by atoms with Crippen molar-refractivity contribution >= 4 is 33.4 Å². The number of nitrogens with one attached hydrogen (secondary N) is 1. The highest BCUT2D eigenvalue weighted by Gasteiger charge is 2.23. The van der Waals surface area contributed by atoms with E-state index in [-0.39, 0.29) is 23.9 Å². The molecule has 0 aliphatic carbocycles. The van der Waals surface area contributed by atoms with Crippen LogP contribution in [0.4, 0.5) is 0 Å². The lowest BCUT2D eigenvalue weighted by atomic mass is 10.1. The summed E-state index contributed by atoms with van der Waals surface area (Å²) < 4.78 is 26.2. The van der Waals surface area contributed by atoms with Gasteiger partial charge in [0.15, 0.2) is 0 Å². The molecular formula is C21H24ClN3O4S. The monoisotopic (exact) mass is 449 g/mol. The van der Waals surface area contributed by atoms with Gasteiger partial charge in [-0.3, -0.25) is 9.59 Å². The second-order valence-electron chi connectivity index (χ2n) is 7.18. The molecule has 0 radical (unpaired) electrons. The Bertz CT molecular complexity index is 1020. The van der Waals surface area contributed by atoms with Gasteiger partial charge >= 0.3 is 0 Å². The lowest BCUT2D eigenvalue weighted by molar-refractivity contribution is -0.128. The lowest BCUT2D eigenvalue weighted by Crippen LogP contribution is -2.38. The van der Waals surface area contributed by atoms with Crippen molar-refractivity contribution in [2.75, 3.05) is 20.1 Å². The number of hydrogen-bond donors (Lipinski definition) is 1. The van der Waals surface area contributed by atoms with E-state index >= 15 is 0 Å². The summed E-state index contributed by atoms with van der Waals surface area (Å²) in [5.74, 6) is -0.273. The zero-order chi connectivity index (χ0) is 21.7. The first-order valence-electron chi connectivity index (χ1n) is 9.60. The zero-order valence-electron chi connectivity index (χ0n) is 16.7. The van der Waals surface area contributed by atoms with Crippen molar-refractivity contribution < 1.29 is 18.0 Å². The Morgan fingerprint density at radius 1 is 1.13 bits per heavy atom. The Morgan fingerprint density at radius 2 is 1.80 bits per heavy atom. The number of likely N-dealkylation sites (tertiary alicyclic amines) is 1. The van der Waals surface area contributed by atoms with Gasteiger partial charge in [-0.2, -0.15) is 4.31 Å². The third-order valence-corrected chi connectivity index (χ3v) is 7.08. The van der Waals surface area contributed by atoms with Gasteiger partial charge in [-0.05, 0) is 41.8 Å². The van der Waals surface area contributed by atoms with Crippen LogP contribution in [0.3, 0.4) is 0 Å². The number of nitrogens with zero attached hydrogens (tertiary/aromatic N) is 2. The predicted molar refractivity (Wildman–Crippen MR) is 114 cm³/mol. The standard InChI is InChI=1S/C21H24ClN3O4S/c1-24(30(28,29)19-10-8-18(22)9-11-19)15-20(26)23-13-16-5-2-3-6-17(16)14-25-12-4-7-21(25)27/h2-3,5-6,8-11H,4,7,12-15H2,1H3,(H,23,26). The molecule has 1 aliphatic rings. The number of benzene rings is 2. The van der Waals surface area contributed by atoms with Gasteiger partial charge in [0.25, 0.3) is 0 Å². The summed E-state index contributed by atoms with van der Waals surface area (Å²) in [5, 5.41) is 3.20. The van der Waals surface area contributed by atoms with E-state index in [9.17, 15) is 18.0 Å². The summed E-state index contributed by atoms with van der Waals surface area (Å²) in [5.41, 5.74) is 1.86. The van der Waals surface area contributed by atoms with Crippen LogP contribution in [-0.2, 0) is 32.7 Å². The molecule has 7 nitrogen and oxygen atoms in total. The highest BCUT2D eigenvalue weighted by Crippen LogP contribution is 2.18. The maximum absolute atomic E-state index is 12.6. The molecule has 0 saturated carbocycles. The summed E-state index contributed by atoms with van der Waals surface area (Å²) in [4.78, 5) is 26.1. The molecule has 9 heteroatoms. The summed E-state index contributed by atoms with van der Waals surface area (Å²) in [6.07, 6.45) is 1.44. The molecule has 30 heavy (non-hydrogen) atoms. The average molecular weight is 450 g/mol. The van der Waals surface area contributed by atoms with E-state index in [0.717, 1.165) is 28.4 Å². The topological polar surface area (TPSA) is 86.8 Å². The van der Waals surface area contributed by atoms with E-state index in [1.54, 1.807) is 0 Å². The molecule has 0 atom stereocenters. The van der Waals surface area contributed by atoms with Gasteiger partial charge in [-0.25, -0.2) is 8.42 Å². The normalized spacial score (nSPS) is 14.4. The van der Waals surface area contributed by atoms with Gasteiger partial charge in [-0.1, -0.05) is 35.9 Å². The fourth-order valence-corrected chi connectivity index (χ4v) is 4.54. The van der Waals surface area contributed by atoms with Crippen LogP contribution in [0.15, 0.2) is 53.4 Å². The molecule has 1 aliphatic heterocycles. The number of halogens is 1. The number of sulfonamides is 1. The highest BCUT2D eigenvalue weighted by molar-refractivity contribution is 7.89. The third kappa shape index (κ3) is 5.38. The van der Waals surface area contributed by atoms with E-state index in [1.807, 2.05) is 29.2 Å². The minimum Gasteiger partial charge on any atom is -0.351 e. The Balaban J connectivity index is 1.59. The average Bonchev–Trinajstić information content (AvgIpc) is 3.12. The maximum atomic E-state index is 12.6. The highest BCUT2D eigenvalue weighted by atomic mass is 35.5. The van der Waals surface area contributed by atoms with Crippen molar-refractivity contribution in [3.05, 3.63) is 64.7 Å². The molecule has 0 spiro atoms. The molecule has 1 fully saturated rings. The summed E-state index contributed by atoms with van der Waals surface area (Å²) in [6, 6.07) is 13.4. The van der Waals surface area contributed by atoms with Crippen LogP contribution in [0, 0.1) is 0 Å². The second-order valence-corrected chi connectivity index (χ2v) is 9.66. The number of amides is 2. The van der Waals surface area contributed by atoms with Gasteiger partial charge in [-0.15, -0.1) is 0 Å². The van der Waals surface area contributed by atoms with E-state index in [1.165, 1.54) is 31.3 Å². The second kappa shape index (κ2) is 9.59. The van der Waals surface area contributed by atoms with Crippen molar-refractivity contribution in [3.63, 3.8) is 0 Å². The summed E-state index contributed by atoms with van der Waals surface area (Å²) in [6.45, 7) is 1.20. The summed E-state index contributed by atoms with van der Waals surface area (Å²) in [7, 11) is -2.44. The van der Waals surface area contributed by atoms with Crippen LogP contribution >= 0.6 is 11.6 Å². The number of carbonyl (C=O) groups is 2. The van der Waals surface area contributed by atoms with Gasteiger partial charge in [0.1, 0.15) is 0 Å². The molecule has 2 aromatic rings. The van der Waals surface area contributed by atoms with Gasteiger partial charge in [0.05, 0.1) is 11.4 Å². The van der Waals surface area contributed by atoms with Gasteiger partial charge in [0, 0.05) is 38.1 Å². The Labute approximate surface area is 181 Å². The fraction of sp³-hybridized carbons (Fsp3) is 0.333. The van der Waals surface area contributed by atoms with Gasteiger partial charge < -0.3 is 10.2 Å². The lowest BCUT2D eigenvalue weighted by Gasteiger charge is -2.19. The van der Waals surface area contributed by atoms with E-state index < -0.39 is 15.9 Å². The molecule has 3 rings (SSSR count). The van der Waals surface area contributed by atoms with Crippen molar-refractivity contribution in [2.24, 2.45) is 0 Å². The predicted octanol–water partition coefficient (Wildman–Crippen LogP) is 2.40. The minimum absolute atomic E-state index is 0.0721. The van der Waals surface area contributed by atoms with Crippen molar-refractivity contribution in [3.8, 4) is 0 Å². The quantitative estimate of drug-likeness (QED) is 0.670. The van der Waals surface area contributed by atoms with Crippen LogP contribution in [-0.4, -0.2) is 49.6 Å². The SMILES string of the molecule is CN(CC(=O)NCc1ccccc1CN1CCCC1=O)S(=O)(=O)c1ccc(Cl)cc1. The van der Waals surface area contributed by atoms with Crippen LogP contribution < -0.4 is 5.32 Å². The molecule has 1 saturated heterocycles. The molecule has 0 unspecified atom stereocenters.